The van der Waals surface area contributed by atoms with Crippen LogP contribution in [-0.2, 0) is 0 Å². The quantitative estimate of drug-likeness (QED) is 0.716. The molecule has 1 aromatic carbocycles. The van der Waals surface area contributed by atoms with Crippen molar-refractivity contribution in [2.45, 2.75) is 0 Å². The summed E-state index contributed by atoms with van der Waals surface area (Å²) >= 11 is 11.9. The van der Waals surface area contributed by atoms with Crippen LogP contribution in [0.15, 0.2) is 24.4 Å². The fourth-order valence-corrected chi connectivity index (χ4v) is 2.31. The molecule has 0 amide bonds. The van der Waals surface area contributed by atoms with Crippen LogP contribution in [0, 0.1) is 0 Å². The first-order chi connectivity index (χ1) is 9.52. The zero-order valence-electron chi connectivity index (χ0n) is 10.0. The average Bonchev–Trinajstić information content (AvgIpc) is 2.37. The summed E-state index contributed by atoms with van der Waals surface area (Å²) in [7, 11) is 0. The van der Waals surface area contributed by atoms with Gasteiger partial charge in [-0.15, -0.1) is 0 Å². The first kappa shape index (κ1) is 12.8. The van der Waals surface area contributed by atoms with Gasteiger partial charge in [0.05, 0.1) is 11.9 Å². The molecule has 0 saturated carbocycles. The molecule has 20 heavy (non-hydrogen) atoms. The number of hydrogen-bond donors (Lipinski definition) is 2. The summed E-state index contributed by atoms with van der Waals surface area (Å²) in [6.45, 7) is 0. The molecule has 2 heterocycles. The largest absolute Gasteiger partial charge is 0.382 e. The summed E-state index contributed by atoms with van der Waals surface area (Å²) in [6.07, 6.45) is 1.55. The van der Waals surface area contributed by atoms with Crippen LogP contribution in [0.1, 0.15) is 0 Å². The highest BCUT2D eigenvalue weighted by atomic mass is 35.5. The van der Waals surface area contributed by atoms with E-state index in [1.807, 2.05) is 0 Å². The van der Waals surface area contributed by atoms with E-state index in [1.165, 1.54) is 0 Å². The monoisotopic (exact) mass is 306 g/mol. The lowest BCUT2D eigenvalue weighted by molar-refractivity contribution is 1.17. The predicted molar refractivity (Wildman–Crippen MR) is 79.4 cm³/mol. The van der Waals surface area contributed by atoms with Gasteiger partial charge in [-0.3, -0.25) is 0 Å². The van der Waals surface area contributed by atoms with E-state index < -0.39 is 0 Å². The Morgan fingerprint density at radius 2 is 1.60 bits per heavy atom. The Morgan fingerprint density at radius 3 is 2.30 bits per heavy atom. The molecule has 8 heteroatoms. The van der Waals surface area contributed by atoms with Crippen LogP contribution in [0.4, 0.5) is 11.8 Å². The minimum absolute atomic E-state index is 0.0582. The molecule has 4 N–H and O–H groups in total. The molecule has 0 unspecified atom stereocenters. The maximum absolute atomic E-state index is 5.97. The van der Waals surface area contributed by atoms with E-state index in [-0.39, 0.29) is 11.8 Å². The Bertz CT molecular complexity index is 800. The lowest BCUT2D eigenvalue weighted by Crippen LogP contribution is -2.03. The topological polar surface area (TPSA) is 104 Å². The Kier molecular flexibility index (Phi) is 3.04. The van der Waals surface area contributed by atoms with Crippen molar-refractivity contribution in [3.63, 3.8) is 0 Å². The number of benzene rings is 1. The van der Waals surface area contributed by atoms with Gasteiger partial charge in [-0.2, -0.15) is 9.97 Å². The highest BCUT2D eigenvalue weighted by Crippen LogP contribution is 2.27. The van der Waals surface area contributed by atoms with E-state index in [4.69, 9.17) is 34.7 Å². The lowest BCUT2D eigenvalue weighted by atomic mass is 10.1. The van der Waals surface area contributed by atoms with Gasteiger partial charge in [0.25, 0.3) is 0 Å². The van der Waals surface area contributed by atoms with Gasteiger partial charge in [0.15, 0.2) is 17.0 Å². The average molecular weight is 307 g/mol. The van der Waals surface area contributed by atoms with E-state index >= 15 is 0 Å². The summed E-state index contributed by atoms with van der Waals surface area (Å²) < 4.78 is 0. The zero-order chi connectivity index (χ0) is 14.3. The van der Waals surface area contributed by atoms with E-state index in [1.54, 1.807) is 24.4 Å². The van der Waals surface area contributed by atoms with Crippen LogP contribution in [0.3, 0.4) is 0 Å². The molecular formula is C12H8Cl2N6. The summed E-state index contributed by atoms with van der Waals surface area (Å²) in [6, 6.07) is 5.11. The Balaban J connectivity index is 2.22. The summed E-state index contributed by atoms with van der Waals surface area (Å²) in [5, 5.41) is 1.02. The first-order valence-corrected chi connectivity index (χ1v) is 6.31. The van der Waals surface area contributed by atoms with E-state index in [9.17, 15) is 0 Å². The first-order valence-electron chi connectivity index (χ1n) is 5.55. The molecule has 3 aromatic rings. The fraction of sp³-hybridized carbons (Fsp3) is 0. The van der Waals surface area contributed by atoms with E-state index in [0.29, 0.717) is 26.9 Å². The van der Waals surface area contributed by atoms with Gasteiger partial charge in [-0.05, 0) is 18.2 Å². The van der Waals surface area contributed by atoms with Crippen LogP contribution in [0.5, 0.6) is 0 Å². The second-order valence-corrected chi connectivity index (χ2v) is 4.93. The number of nitrogens with two attached hydrogens (primary N) is 2. The molecular weight excluding hydrogens is 299 g/mol. The summed E-state index contributed by atoms with van der Waals surface area (Å²) in [5.74, 6) is 0.234. The molecule has 0 aliphatic rings. The molecule has 100 valence electrons. The van der Waals surface area contributed by atoms with Crippen LogP contribution >= 0.6 is 23.2 Å². The van der Waals surface area contributed by atoms with Gasteiger partial charge >= 0.3 is 0 Å². The molecule has 0 spiro atoms. The molecule has 0 atom stereocenters. The van der Waals surface area contributed by atoms with Crippen molar-refractivity contribution >= 4 is 46.1 Å². The molecule has 0 aliphatic carbocycles. The van der Waals surface area contributed by atoms with Crippen molar-refractivity contribution in [3.8, 4) is 11.3 Å². The van der Waals surface area contributed by atoms with Crippen molar-refractivity contribution < 1.29 is 0 Å². The molecule has 0 fully saturated rings. The predicted octanol–water partition coefficient (Wildman–Crippen LogP) is 2.56. The Morgan fingerprint density at radius 1 is 0.900 bits per heavy atom. The summed E-state index contributed by atoms with van der Waals surface area (Å²) in [4.78, 5) is 16.4. The smallest absolute Gasteiger partial charge is 0.224 e. The van der Waals surface area contributed by atoms with E-state index in [0.717, 1.165) is 5.56 Å². The van der Waals surface area contributed by atoms with Crippen LogP contribution in [0.25, 0.3) is 22.4 Å². The number of nitrogens with zero attached hydrogens (tertiary/aromatic N) is 4. The highest BCUT2D eigenvalue weighted by Gasteiger charge is 2.09. The number of aromatic nitrogens is 4. The van der Waals surface area contributed by atoms with Gasteiger partial charge in [0.2, 0.25) is 5.95 Å². The van der Waals surface area contributed by atoms with E-state index in [2.05, 4.69) is 19.9 Å². The molecule has 6 nitrogen and oxygen atoms in total. The van der Waals surface area contributed by atoms with Gasteiger partial charge in [0.1, 0.15) is 0 Å². The third-order valence-corrected chi connectivity index (χ3v) is 3.05. The number of nitrogen functional groups attached to an aromatic ring is 2. The number of fused-ring (bicyclic) bond motifs is 1. The molecule has 0 saturated heterocycles. The third kappa shape index (κ3) is 2.31. The number of halogens is 2. The lowest BCUT2D eigenvalue weighted by Gasteiger charge is -2.05. The Hall–Kier alpha value is -2.18. The maximum Gasteiger partial charge on any atom is 0.224 e. The van der Waals surface area contributed by atoms with Crippen molar-refractivity contribution in [3.05, 3.63) is 34.4 Å². The maximum atomic E-state index is 5.97. The SMILES string of the molecule is Nc1nc(N)c2nc(-c3cc(Cl)cc(Cl)c3)cnc2n1. The molecule has 0 bridgehead atoms. The van der Waals surface area contributed by atoms with Gasteiger partial charge < -0.3 is 11.5 Å². The van der Waals surface area contributed by atoms with Gasteiger partial charge in [-0.1, -0.05) is 23.2 Å². The van der Waals surface area contributed by atoms with Crippen molar-refractivity contribution in [1.29, 1.82) is 0 Å². The van der Waals surface area contributed by atoms with Crippen LogP contribution < -0.4 is 11.5 Å². The van der Waals surface area contributed by atoms with Crippen LogP contribution in [-0.4, -0.2) is 19.9 Å². The minimum Gasteiger partial charge on any atom is -0.382 e. The second-order valence-electron chi connectivity index (χ2n) is 4.05. The van der Waals surface area contributed by atoms with Crippen LogP contribution in [0.2, 0.25) is 10.0 Å². The highest BCUT2D eigenvalue weighted by molar-refractivity contribution is 6.35. The van der Waals surface area contributed by atoms with Crippen molar-refractivity contribution in [2.24, 2.45) is 0 Å². The molecule has 0 aliphatic heterocycles. The third-order valence-electron chi connectivity index (χ3n) is 2.61. The molecule has 2 aromatic heterocycles. The van der Waals surface area contributed by atoms with Crippen molar-refractivity contribution in [2.75, 3.05) is 11.5 Å². The minimum atomic E-state index is 0.0582. The molecule has 3 rings (SSSR count). The van der Waals surface area contributed by atoms with Gasteiger partial charge in [0, 0.05) is 15.6 Å². The zero-order valence-corrected chi connectivity index (χ0v) is 11.5. The number of anilines is 2. The number of hydrogen-bond acceptors (Lipinski definition) is 6. The normalized spacial score (nSPS) is 10.9. The Labute approximate surface area is 123 Å². The fourth-order valence-electron chi connectivity index (χ4n) is 1.79. The standard InChI is InChI=1S/C12H8Cl2N6/c13-6-1-5(2-7(14)3-6)8-4-17-11-9(18-8)10(15)19-12(16)20-11/h1-4H,(H4,15,16,17,19,20). The van der Waals surface area contributed by atoms with Crippen molar-refractivity contribution in [1.82, 2.24) is 19.9 Å². The summed E-state index contributed by atoms with van der Waals surface area (Å²) in [5.41, 5.74) is 13.3. The second kappa shape index (κ2) is 4.73. The molecule has 0 radical (unpaired) electrons. The number of rotatable bonds is 1. The van der Waals surface area contributed by atoms with Gasteiger partial charge in [-0.25, -0.2) is 9.97 Å².